The van der Waals surface area contributed by atoms with E-state index >= 15 is 0 Å². The van der Waals surface area contributed by atoms with Gasteiger partial charge >= 0.3 is 5.97 Å². The zero-order valence-corrected chi connectivity index (χ0v) is 26.0. The number of fused-ring (bicyclic) bond motifs is 1. The summed E-state index contributed by atoms with van der Waals surface area (Å²) in [6, 6.07) is 10.6. The molecule has 0 aromatic heterocycles. The molecule has 2 aliphatic rings. The number of rotatable bonds is 13. The van der Waals surface area contributed by atoms with Crippen molar-refractivity contribution in [2.24, 2.45) is 11.3 Å². The molecule has 1 fully saturated rings. The molecule has 1 saturated carbocycles. The van der Waals surface area contributed by atoms with Crippen LogP contribution in [0.5, 0.6) is 5.75 Å². The Bertz CT molecular complexity index is 1430. The molecule has 1 heterocycles. The minimum Gasteiger partial charge on any atom is -0.476 e. The molecule has 2 N–H and O–H groups in total. The highest BCUT2D eigenvalue weighted by atomic mass is 32.2. The first-order chi connectivity index (χ1) is 20.0. The fourth-order valence-corrected chi connectivity index (χ4v) is 8.08. The van der Waals surface area contributed by atoms with Crippen LogP contribution in [0.3, 0.4) is 0 Å². The summed E-state index contributed by atoms with van der Waals surface area (Å²) in [7, 11) is -3.84. The first kappa shape index (κ1) is 31.9. The number of carbonyl (C=O) groups is 2. The molecule has 2 aromatic carbocycles. The van der Waals surface area contributed by atoms with E-state index in [2.05, 4.69) is 19.2 Å². The number of unbranched alkanes of at least 4 members (excludes halogenated alkanes) is 2. The average molecular weight is 619 g/mol. The molecule has 0 radical (unpaired) electrons. The third-order valence-electron chi connectivity index (χ3n) is 7.87. The van der Waals surface area contributed by atoms with Crippen LogP contribution in [0.25, 0.3) is 0 Å². The van der Waals surface area contributed by atoms with Gasteiger partial charge in [0, 0.05) is 35.3 Å². The number of carbonyl (C=O) groups excluding carboxylic acids is 1. The van der Waals surface area contributed by atoms with Gasteiger partial charge in [0.15, 0.2) is 9.84 Å². The van der Waals surface area contributed by atoms with Gasteiger partial charge in [-0.15, -0.1) is 11.8 Å². The van der Waals surface area contributed by atoms with Crippen LogP contribution in [-0.2, 0) is 19.4 Å². The number of carboxylic acids is 1. The third kappa shape index (κ3) is 7.47. The van der Waals surface area contributed by atoms with E-state index in [0.29, 0.717) is 29.1 Å². The van der Waals surface area contributed by atoms with Crippen molar-refractivity contribution in [3.63, 3.8) is 0 Å². The second kappa shape index (κ2) is 13.5. The van der Waals surface area contributed by atoms with Crippen molar-refractivity contribution in [1.82, 2.24) is 0 Å². The van der Waals surface area contributed by atoms with E-state index < -0.39 is 27.0 Å². The molecule has 2 aromatic rings. The maximum Gasteiger partial charge on any atom is 0.368 e. The SMILES string of the molecule is CCCCC1(CCCC)CN(c2ccc(NC(=O)C3CC3)cc2)c2cc(SC)c(O/C=C(\F)C(=O)O)cc2S(=O)(=O)C1. The maximum atomic E-state index is 14.1. The van der Waals surface area contributed by atoms with Crippen LogP contribution in [0.4, 0.5) is 21.5 Å². The third-order valence-corrected chi connectivity index (χ3v) is 10.6. The standard InChI is InChI=1S/C31H39FN2O6S2/c1-4-6-14-31(15-7-5-2)19-34(23-12-10-22(11-13-23)33-29(35)21-8-9-21)25-16-27(41-3)26(40-18-24(32)30(36)37)17-28(25)42(38,39)20-31/h10-13,16-18,21H,4-9,14-15,19-20H2,1-3H3,(H,33,35)(H,36,37)/b24-18-. The lowest BCUT2D eigenvalue weighted by molar-refractivity contribution is -0.134. The Labute approximate surface area is 251 Å². The molecule has 8 nitrogen and oxygen atoms in total. The number of nitrogens with zero attached hydrogens (tertiary/aromatic N) is 1. The molecule has 1 aliphatic carbocycles. The molecule has 1 amide bonds. The number of benzene rings is 2. The molecule has 0 unspecified atom stereocenters. The molecular weight excluding hydrogens is 579 g/mol. The molecule has 0 bridgehead atoms. The lowest BCUT2D eigenvalue weighted by atomic mass is 9.79. The molecule has 0 atom stereocenters. The monoisotopic (exact) mass is 618 g/mol. The van der Waals surface area contributed by atoms with Crippen LogP contribution in [-0.4, -0.2) is 44.0 Å². The minimum atomic E-state index is -3.84. The summed E-state index contributed by atoms with van der Waals surface area (Å²) in [6.07, 6.45) is 9.21. The number of aliphatic carboxylic acids is 1. The largest absolute Gasteiger partial charge is 0.476 e. The summed E-state index contributed by atoms with van der Waals surface area (Å²) < 4.78 is 47.4. The van der Waals surface area contributed by atoms with Crippen LogP contribution >= 0.6 is 11.8 Å². The van der Waals surface area contributed by atoms with Crippen molar-refractivity contribution in [3.8, 4) is 5.75 Å². The number of anilines is 3. The topological polar surface area (TPSA) is 113 Å². The second-order valence-electron chi connectivity index (χ2n) is 11.2. The first-order valence-corrected chi connectivity index (χ1v) is 17.3. The van der Waals surface area contributed by atoms with Gasteiger partial charge in [0.05, 0.1) is 21.2 Å². The molecular formula is C31H39FN2O6S2. The van der Waals surface area contributed by atoms with Crippen LogP contribution in [0, 0.1) is 11.3 Å². The number of ether oxygens (including phenoxy) is 1. The molecule has 42 heavy (non-hydrogen) atoms. The molecule has 0 saturated heterocycles. The Balaban J connectivity index is 1.84. The molecule has 11 heteroatoms. The fraction of sp³-hybridized carbons (Fsp3) is 0.484. The van der Waals surface area contributed by atoms with Crippen LogP contribution in [0.15, 0.2) is 58.3 Å². The Kier molecular flexibility index (Phi) is 10.2. The predicted molar refractivity (Wildman–Crippen MR) is 164 cm³/mol. The number of thioether (sulfide) groups is 1. The van der Waals surface area contributed by atoms with Gasteiger partial charge in [-0.1, -0.05) is 39.5 Å². The zero-order valence-electron chi connectivity index (χ0n) is 24.3. The Morgan fingerprint density at radius 1 is 1.14 bits per heavy atom. The van der Waals surface area contributed by atoms with Crippen LogP contribution in [0.1, 0.15) is 65.2 Å². The number of nitrogens with one attached hydrogen (secondary N) is 1. The van der Waals surface area contributed by atoms with Crippen molar-refractivity contribution in [2.75, 3.05) is 28.8 Å². The smallest absolute Gasteiger partial charge is 0.368 e. The summed E-state index contributed by atoms with van der Waals surface area (Å²) >= 11 is 1.28. The summed E-state index contributed by atoms with van der Waals surface area (Å²) in [4.78, 5) is 25.9. The Hall–Kier alpha value is -3.05. The van der Waals surface area contributed by atoms with Gasteiger partial charge in [0.1, 0.15) is 12.0 Å². The van der Waals surface area contributed by atoms with Gasteiger partial charge < -0.3 is 20.1 Å². The van der Waals surface area contributed by atoms with Crippen LogP contribution < -0.4 is 15.0 Å². The number of hydrogen-bond donors (Lipinski definition) is 2. The lowest BCUT2D eigenvalue weighted by Crippen LogP contribution is -2.38. The molecule has 4 rings (SSSR count). The highest BCUT2D eigenvalue weighted by Gasteiger charge is 2.42. The van der Waals surface area contributed by atoms with Crippen molar-refractivity contribution >= 4 is 50.5 Å². The highest BCUT2D eigenvalue weighted by Crippen LogP contribution is 2.48. The molecule has 0 spiro atoms. The fourth-order valence-electron chi connectivity index (χ4n) is 5.43. The highest BCUT2D eigenvalue weighted by molar-refractivity contribution is 7.98. The van der Waals surface area contributed by atoms with E-state index in [1.54, 1.807) is 12.3 Å². The number of sulfone groups is 1. The number of halogens is 1. The summed E-state index contributed by atoms with van der Waals surface area (Å²) in [5, 5.41) is 11.9. The summed E-state index contributed by atoms with van der Waals surface area (Å²) in [6.45, 7) is 4.67. The molecule has 1 aliphatic heterocycles. The van der Waals surface area contributed by atoms with Gasteiger partial charge in [-0.2, -0.15) is 4.39 Å². The quantitative estimate of drug-likeness (QED) is 0.136. The average Bonchev–Trinajstić information content (AvgIpc) is 3.82. The van der Waals surface area contributed by atoms with E-state index in [1.165, 1.54) is 17.8 Å². The van der Waals surface area contributed by atoms with E-state index in [-0.39, 0.29) is 28.2 Å². The van der Waals surface area contributed by atoms with Crippen molar-refractivity contribution in [2.45, 2.75) is 75.0 Å². The Morgan fingerprint density at radius 3 is 2.33 bits per heavy atom. The predicted octanol–water partition coefficient (Wildman–Crippen LogP) is 7.32. The van der Waals surface area contributed by atoms with Gasteiger partial charge in [-0.05, 0) is 62.3 Å². The number of carboxylic acid groups (broad SMARTS) is 1. The van der Waals surface area contributed by atoms with Crippen molar-refractivity contribution < 1.29 is 32.2 Å². The van der Waals surface area contributed by atoms with Gasteiger partial charge in [-0.25, -0.2) is 13.2 Å². The van der Waals surface area contributed by atoms with Gasteiger partial charge in [0.2, 0.25) is 11.7 Å². The van der Waals surface area contributed by atoms with E-state index in [9.17, 15) is 22.4 Å². The van der Waals surface area contributed by atoms with E-state index in [1.807, 2.05) is 29.2 Å². The minimum absolute atomic E-state index is 0.0117. The lowest BCUT2D eigenvalue weighted by Gasteiger charge is -2.37. The van der Waals surface area contributed by atoms with Crippen molar-refractivity contribution in [3.05, 3.63) is 48.5 Å². The summed E-state index contributed by atoms with van der Waals surface area (Å²) in [5.74, 6) is -3.16. The Morgan fingerprint density at radius 2 is 1.79 bits per heavy atom. The van der Waals surface area contributed by atoms with Crippen LogP contribution in [0.2, 0.25) is 0 Å². The summed E-state index contributed by atoms with van der Waals surface area (Å²) in [5.41, 5.74) is 1.44. The van der Waals surface area contributed by atoms with E-state index in [0.717, 1.165) is 57.1 Å². The normalized spacial score (nSPS) is 17.7. The zero-order chi connectivity index (χ0) is 30.5. The van der Waals surface area contributed by atoms with Crippen molar-refractivity contribution in [1.29, 1.82) is 0 Å². The first-order valence-electron chi connectivity index (χ1n) is 14.4. The number of hydrogen-bond acceptors (Lipinski definition) is 7. The van der Waals surface area contributed by atoms with Gasteiger partial charge in [-0.3, -0.25) is 4.79 Å². The second-order valence-corrected chi connectivity index (χ2v) is 14.0. The molecule has 228 valence electrons. The number of amides is 1. The van der Waals surface area contributed by atoms with Gasteiger partial charge in [0.25, 0.3) is 0 Å². The van der Waals surface area contributed by atoms with E-state index in [4.69, 9.17) is 9.84 Å². The maximum absolute atomic E-state index is 14.1.